The summed E-state index contributed by atoms with van der Waals surface area (Å²) in [6.07, 6.45) is 4.96. The molecular weight excluding hydrogens is 388 g/mol. The molecule has 0 spiro atoms. The number of rotatable bonds is 9. The van der Waals surface area contributed by atoms with Crippen molar-refractivity contribution < 1.29 is 13.9 Å². The van der Waals surface area contributed by atoms with E-state index in [9.17, 15) is 4.79 Å². The molecule has 2 aromatic heterocycles. The monoisotopic (exact) mass is 416 g/mol. The molecule has 2 N–H and O–H groups in total. The summed E-state index contributed by atoms with van der Waals surface area (Å²) in [6, 6.07) is 18.1. The molecule has 0 saturated heterocycles. The molecule has 0 unspecified atom stereocenters. The number of aryl methyl sites for hydroxylation is 1. The van der Waals surface area contributed by atoms with Gasteiger partial charge in [0, 0.05) is 29.4 Å². The van der Waals surface area contributed by atoms with Gasteiger partial charge in [-0.25, -0.2) is 0 Å². The van der Waals surface area contributed by atoms with Crippen molar-refractivity contribution in [2.45, 2.75) is 39.2 Å². The average molecular weight is 417 g/mol. The van der Waals surface area contributed by atoms with Gasteiger partial charge in [-0.05, 0) is 54.3 Å². The van der Waals surface area contributed by atoms with Crippen molar-refractivity contribution in [1.29, 1.82) is 0 Å². The second-order valence-corrected chi connectivity index (χ2v) is 7.55. The van der Waals surface area contributed by atoms with Crippen molar-refractivity contribution >= 4 is 16.8 Å². The summed E-state index contributed by atoms with van der Waals surface area (Å²) in [6.45, 7) is 5.13. The molecule has 0 aliphatic heterocycles. The van der Waals surface area contributed by atoms with Crippen LogP contribution in [0.25, 0.3) is 10.9 Å². The third-order valence-corrected chi connectivity index (χ3v) is 5.61. The molecule has 0 aliphatic rings. The van der Waals surface area contributed by atoms with Crippen molar-refractivity contribution in [3.05, 3.63) is 89.5 Å². The Bertz CT molecular complexity index is 1130. The molecule has 0 fully saturated rings. The first kappa shape index (κ1) is 20.8. The largest absolute Gasteiger partial charge is 0.494 e. The minimum absolute atomic E-state index is 0.0173. The zero-order chi connectivity index (χ0) is 21.6. The van der Waals surface area contributed by atoms with Gasteiger partial charge in [-0.1, -0.05) is 37.3 Å². The molecule has 1 amide bonds. The lowest BCUT2D eigenvalue weighted by Gasteiger charge is -2.18. The molecule has 0 bridgehead atoms. The van der Waals surface area contributed by atoms with Crippen LogP contribution in [0.3, 0.4) is 0 Å². The maximum Gasteiger partial charge on any atom is 0.221 e. The van der Waals surface area contributed by atoms with Crippen molar-refractivity contribution in [2.75, 3.05) is 6.61 Å². The van der Waals surface area contributed by atoms with Crippen LogP contribution in [-0.4, -0.2) is 17.5 Å². The molecule has 1 atom stereocenters. The maximum atomic E-state index is 12.9. The maximum absolute atomic E-state index is 12.9. The van der Waals surface area contributed by atoms with Gasteiger partial charge < -0.3 is 19.5 Å². The summed E-state index contributed by atoms with van der Waals surface area (Å²) >= 11 is 0. The van der Waals surface area contributed by atoms with Crippen LogP contribution in [0, 0.1) is 0 Å². The minimum atomic E-state index is -0.0758. The zero-order valence-corrected chi connectivity index (χ0v) is 18.0. The van der Waals surface area contributed by atoms with E-state index in [4.69, 9.17) is 9.15 Å². The smallest absolute Gasteiger partial charge is 0.221 e. The fraction of sp³-hybridized carbons (Fsp3) is 0.269. The molecule has 4 rings (SSSR count). The van der Waals surface area contributed by atoms with Gasteiger partial charge in [-0.15, -0.1) is 0 Å². The number of fused-ring (bicyclic) bond motifs is 1. The lowest BCUT2D eigenvalue weighted by atomic mass is 9.87. The molecule has 0 radical (unpaired) electrons. The summed E-state index contributed by atoms with van der Waals surface area (Å²) in [5.74, 6) is 1.48. The van der Waals surface area contributed by atoms with Gasteiger partial charge in [0.25, 0.3) is 0 Å². The van der Waals surface area contributed by atoms with Crippen LogP contribution in [0.5, 0.6) is 5.75 Å². The summed E-state index contributed by atoms with van der Waals surface area (Å²) in [7, 11) is 0. The molecule has 31 heavy (non-hydrogen) atoms. The Kier molecular flexibility index (Phi) is 6.41. The Morgan fingerprint density at radius 1 is 1.10 bits per heavy atom. The number of hydrogen-bond donors (Lipinski definition) is 2. The predicted octanol–water partition coefficient (Wildman–Crippen LogP) is 5.56. The van der Waals surface area contributed by atoms with Gasteiger partial charge in [0.05, 0.1) is 19.4 Å². The fourth-order valence-corrected chi connectivity index (χ4v) is 4.05. The number of aromatic amines is 1. The average Bonchev–Trinajstić information content (AvgIpc) is 3.47. The lowest BCUT2D eigenvalue weighted by Crippen LogP contribution is -2.24. The first-order valence-corrected chi connectivity index (χ1v) is 10.8. The minimum Gasteiger partial charge on any atom is -0.494 e. The van der Waals surface area contributed by atoms with E-state index in [0.29, 0.717) is 19.6 Å². The van der Waals surface area contributed by atoms with Crippen molar-refractivity contribution in [3.63, 3.8) is 0 Å². The van der Waals surface area contributed by atoms with Crippen LogP contribution in [0.4, 0.5) is 0 Å². The number of ether oxygens (including phenoxy) is 1. The van der Waals surface area contributed by atoms with E-state index in [1.165, 1.54) is 5.56 Å². The number of carbonyl (C=O) groups excluding carboxylic acids is 1. The Hall–Kier alpha value is -3.47. The van der Waals surface area contributed by atoms with E-state index in [1.54, 1.807) is 6.26 Å². The van der Waals surface area contributed by atoms with E-state index in [-0.39, 0.29) is 11.8 Å². The number of benzene rings is 2. The number of para-hydroxylation sites is 1. The molecule has 2 heterocycles. The number of H-pyrrole nitrogens is 1. The van der Waals surface area contributed by atoms with Gasteiger partial charge in [0.2, 0.25) is 5.91 Å². The zero-order valence-electron chi connectivity index (χ0n) is 18.0. The second-order valence-electron chi connectivity index (χ2n) is 7.55. The van der Waals surface area contributed by atoms with E-state index < -0.39 is 0 Å². The van der Waals surface area contributed by atoms with Crippen molar-refractivity contribution in [1.82, 2.24) is 10.3 Å². The Morgan fingerprint density at radius 2 is 1.94 bits per heavy atom. The highest BCUT2D eigenvalue weighted by Gasteiger charge is 2.22. The third-order valence-electron chi connectivity index (χ3n) is 5.61. The molecule has 2 aromatic carbocycles. The van der Waals surface area contributed by atoms with E-state index in [2.05, 4.69) is 47.6 Å². The molecule has 5 heteroatoms. The Labute approximate surface area is 182 Å². The second kappa shape index (κ2) is 9.56. The molecule has 160 valence electrons. The molecule has 0 saturated carbocycles. The van der Waals surface area contributed by atoms with E-state index >= 15 is 0 Å². The summed E-state index contributed by atoms with van der Waals surface area (Å²) in [4.78, 5) is 16.3. The first-order valence-electron chi connectivity index (χ1n) is 10.8. The van der Waals surface area contributed by atoms with Crippen LogP contribution in [0.15, 0.2) is 71.5 Å². The number of hydrogen-bond acceptors (Lipinski definition) is 3. The molecule has 5 nitrogen and oxygen atoms in total. The lowest BCUT2D eigenvalue weighted by molar-refractivity contribution is -0.121. The van der Waals surface area contributed by atoms with Gasteiger partial charge in [-0.2, -0.15) is 0 Å². The highest BCUT2D eigenvalue weighted by molar-refractivity contribution is 5.88. The van der Waals surface area contributed by atoms with Crippen LogP contribution < -0.4 is 10.1 Å². The standard InChI is InChI=1S/C26H28N2O3/c1-3-18-7-5-9-22-24(17-28-26(18)22)23(19-10-12-20(13-11-19)30-4-2)15-25(29)27-16-21-8-6-14-31-21/h5-14,17,23,28H,3-4,15-16H2,1-2H3,(H,27,29)/t23-/m0/s1. The first-order chi connectivity index (χ1) is 15.2. The van der Waals surface area contributed by atoms with Crippen LogP contribution >= 0.6 is 0 Å². The highest BCUT2D eigenvalue weighted by atomic mass is 16.5. The number of aromatic nitrogens is 1. The molecule has 4 aromatic rings. The van der Waals surface area contributed by atoms with Crippen molar-refractivity contribution in [2.24, 2.45) is 0 Å². The molecular formula is C26H28N2O3. The summed E-state index contributed by atoms with van der Waals surface area (Å²) in [5.41, 5.74) is 4.63. The third kappa shape index (κ3) is 4.66. The number of nitrogens with one attached hydrogen (secondary N) is 2. The van der Waals surface area contributed by atoms with Crippen LogP contribution in [-0.2, 0) is 17.8 Å². The molecule has 0 aliphatic carbocycles. The van der Waals surface area contributed by atoms with Gasteiger partial charge >= 0.3 is 0 Å². The highest BCUT2D eigenvalue weighted by Crippen LogP contribution is 2.35. The Balaban J connectivity index is 1.64. The topological polar surface area (TPSA) is 67.3 Å². The summed E-state index contributed by atoms with van der Waals surface area (Å²) in [5, 5.41) is 4.15. The Morgan fingerprint density at radius 3 is 2.65 bits per heavy atom. The quantitative estimate of drug-likeness (QED) is 0.375. The van der Waals surface area contributed by atoms with Gasteiger partial charge in [0.15, 0.2) is 0 Å². The van der Waals surface area contributed by atoms with Crippen LogP contribution in [0.2, 0.25) is 0 Å². The van der Waals surface area contributed by atoms with Gasteiger partial charge in [0.1, 0.15) is 11.5 Å². The number of carbonyl (C=O) groups is 1. The fourth-order valence-electron chi connectivity index (χ4n) is 4.05. The summed E-state index contributed by atoms with van der Waals surface area (Å²) < 4.78 is 10.9. The van der Waals surface area contributed by atoms with E-state index in [1.807, 2.05) is 37.4 Å². The number of furan rings is 1. The van der Waals surface area contributed by atoms with Gasteiger partial charge in [-0.3, -0.25) is 4.79 Å². The number of amides is 1. The van der Waals surface area contributed by atoms with Crippen molar-refractivity contribution in [3.8, 4) is 5.75 Å². The normalized spacial score (nSPS) is 12.1. The van der Waals surface area contributed by atoms with Crippen LogP contribution in [0.1, 0.15) is 48.6 Å². The predicted molar refractivity (Wildman–Crippen MR) is 122 cm³/mol. The SMILES string of the molecule is CCOc1ccc([C@H](CC(=O)NCc2ccco2)c2c[nH]c3c(CC)cccc23)cc1. The van der Waals surface area contributed by atoms with E-state index in [0.717, 1.165) is 40.0 Å².